The first kappa shape index (κ1) is 36.5. The Balaban J connectivity index is 1.11. The smallest absolute Gasteiger partial charge is 0.137 e. The van der Waals surface area contributed by atoms with Gasteiger partial charge in [-0.15, -0.1) is 11.3 Å². The molecule has 0 atom stereocenters. The van der Waals surface area contributed by atoms with Crippen LogP contribution < -0.4 is 4.90 Å². The lowest BCUT2D eigenvalue weighted by molar-refractivity contribution is 0.669. The molecule has 4 heteroatoms. The van der Waals surface area contributed by atoms with E-state index in [0.29, 0.717) is 0 Å². The highest BCUT2D eigenvalue weighted by Crippen LogP contribution is 2.49. The molecule has 10 aromatic carbocycles. The van der Waals surface area contributed by atoms with E-state index in [1.807, 2.05) is 17.4 Å². The van der Waals surface area contributed by atoms with Gasteiger partial charge in [0.2, 0.25) is 0 Å². The van der Waals surface area contributed by atoms with Crippen LogP contribution in [0.1, 0.15) is 0 Å². The quantitative estimate of drug-likeness (QED) is 0.159. The Morgan fingerprint density at radius 2 is 0.938 bits per heavy atom. The van der Waals surface area contributed by atoms with Gasteiger partial charge in [-0.05, 0) is 118 Å². The van der Waals surface area contributed by atoms with Gasteiger partial charge in [0, 0.05) is 60.1 Å². The molecule has 13 rings (SSSR count). The molecule has 0 aliphatic heterocycles. The predicted molar refractivity (Wildman–Crippen MR) is 272 cm³/mol. The first-order chi connectivity index (χ1) is 31.7. The normalized spacial score (nSPS) is 11.8. The maximum Gasteiger partial charge on any atom is 0.137 e. The van der Waals surface area contributed by atoms with Crippen LogP contribution >= 0.6 is 11.3 Å². The molecule has 0 amide bonds. The summed E-state index contributed by atoms with van der Waals surface area (Å²) in [5.74, 6) is 0. The Bertz CT molecular complexity index is 3840. The highest BCUT2D eigenvalue weighted by Gasteiger charge is 2.23. The van der Waals surface area contributed by atoms with Gasteiger partial charge in [-0.2, -0.15) is 0 Å². The minimum atomic E-state index is 0.857. The van der Waals surface area contributed by atoms with E-state index in [1.54, 1.807) is 0 Å². The molecule has 64 heavy (non-hydrogen) atoms. The van der Waals surface area contributed by atoms with Crippen molar-refractivity contribution in [2.75, 3.05) is 4.90 Å². The van der Waals surface area contributed by atoms with Crippen molar-refractivity contribution in [3.05, 3.63) is 231 Å². The van der Waals surface area contributed by atoms with E-state index in [2.05, 4.69) is 234 Å². The lowest BCUT2D eigenvalue weighted by Crippen LogP contribution is -2.11. The van der Waals surface area contributed by atoms with Gasteiger partial charge in [0.25, 0.3) is 0 Å². The largest absolute Gasteiger partial charge is 0.456 e. The minimum absolute atomic E-state index is 0.857. The highest BCUT2D eigenvalue weighted by molar-refractivity contribution is 7.26. The molecule has 0 unspecified atom stereocenters. The van der Waals surface area contributed by atoms with Crippen molar-refractivity contribution in [2.45, 2.75) is 0 Å². The van der Waals surface area contributed by atoms with Crippen molar-refractivity contribution in [1.82, 2.24) is 4.57 Å². The van der Waals surface area contributed by atoms with Gasteiger partial charge in [0.15, 0.2) is 0 Å². The molecule has 0 saturated carbocycles. The summed E-state index contributed by atoms with van der Waals surface area (Å²) in [6.45, 7) is 0. The van der Waals surface area contributed by atoms with Crippen LogP contribution in [0.15, 0.2) is 235 Å². The van der Waals surface area contributed by atoms with Crippen LogP contribution in [-0.4, -0.2) is 4.57 Å². The molecule has 0 fully saturated rings. The highest BCUT2D eigenvalue weighted by atomic mass is 32.1. The molecular formula is C60H38N2OS. The molecule has 3 aromatic heterocycles. The third-order valence-corrected chi connectivity index (χ3v) is 13.9. The monoisotopic (exact) mass is 834 g/mol. The fourth-order valence-corrected chi connectivity index (χ4v) is 11.0. The van der Waals surface area contributed by atoms with Gasteiger partial charge in [-0.1, -0.05) is 140 Å². The topological polar surface area (TPSA) is 21.3 Å². The maximum absolute atomic E-state index is 6.61. The lowest BCUT2D eigenvalue weighted by Gasteiger charge is -2.28. The van der Waals surface area contributed by atoms with Gasteiger partial charge < -0.3 is 13.9 Å². The predicted octanol–water partition coefficient (Wildman–Crippen LogP) is 17.5. The average Bonchev–Trinajstić information content (AvgIpc) is 4.04. The number of anilines is 3. The molecular weight excluding hydrogens is 797 g/mol. The first-order valence-corrected chi connectivity index (χ1v) is 22.6. The summed E-state index contributed by atoms with van der Waals surface area (Å²) in [6, 6.07) is 83.6. The first-order valence-electron chi connectivity index (χ1n) is 21.7. The Morgan fingerprint density at radius 1 is 0.344 bits per heavy atom. The zero-order chi connectivity index (χ0) is 42.1. The molecule has 0 bridgehead atoms. The average molecular weight is 835 g/mol. The molecule has 0 saturated heterocycles. The summed E-state index contributed by atoms with van der Waals surface area (Å²) in [5, 5.41) is 7.17. The summed E-state index contributed by atoms with van der Waals surface area (Å²) in [6.07, 6.45) is 0. The van der Waals surface area contributed by atoms with E-state index < -0.39 is 0 Å². The second-order valence-electron chi connectivity index (χ2n) is 16.5. The van der Waals surface area contributed by atoms with Crippen LogP contribution in [-0.2, 0) is 0 Å². The van der Waals surface area contributed by atoms with Crippen LogP contribution in [0.4, 0.5) is 17.1 Å². The number of hydrogen-bond donors (Lipinski definition) is 0. The summed E-state index contributed by atoms with van der Waals surface area (Å²) < 4.78 is 11.5. The summed E-state index contributed by atoms with van der Waals surface area (Å²) in [5.41, 5.74) is 15.4. The number of benzene rings is 10. The number of hydrogen-bond acceptors (Lipinski definition) is 3. The van der Waals surface area contributed by atoms with E-state index in [9.17, 15) is 0 Å². The standard InChI is InChI=1S/C60H38N2OS/c1-4-16-39(17-5-1)42-32-43(40-18-6-2-7-19-40)34-47(33-42)61(46-29-30-50-49-23-11-14-26-57(49)63-58(50)38-46)56-37-44(36-53-51-24-12-15-27-59(51)64-60(53)56)41-28-31-55-52(35-41)48-22-10-13-25-54(48)62(55)45-20-8-3-9-21-45/h1-38H. The van der Waals surface area contributed by atoms with Crippen molar-refractivity contribution >= 4 is 92.3 Å². The number of para-hydroxylation sites is 3. The maximum atomic E-state index is 6.61. The molecule has 0 radical (unpaired) electrons. The molecule has 13 aromatic rings. The lowest BCUT2D eigenvalue weighted by atomic mass is 9.96. The van der Waals surface area contributed by atoms with Crippen molar-refractivity contribution in [1.29, 1.82) is 0 Å². The third-order valence-electron chi connectivity index (χ3n) is 12.7. The van der Waals surface area contributed by atoms with Crippen molar-refractivity contribution in [3.8, 4) is 39.1 Å². The zero-order valence-corrected chi connectivity index (χ0v) is 35.5. The summed E-state index contributed by atoms with van der Waals surface area (Å²) in [7, 11) is 0. The van der Waals surface area contributed by atoms with E-state index in [-0.39, 0.29) is 0 Å². The Hall–Kier alpha value is -8.18. The van der Waals surface area contributed by atoms with Crippen molar-refractivity contribution in [3.63, 3.8) is 0 Å². The molecule has 0 N–H and O–H groups in total. The van der Waals surface area contributed by atoms with Gasteiger partial charge in [0.1, 0.15) is 11.2 Å². The zero-order valence-electron chi connectivity index (χ0n) is 34.7. The molecule has 0 spiro atoms. The number of fused-ring (bicyclic) bond motifs is 9. The minimum Gasteiger partial charge on any atom is -0.456 e. The van der Waals surface area contributed by atoms with Crippen molar-refractivity contribution in [2.24, 2.45) is 0 Å². The number of aromatic nitrogens is 1. The van der Waals surface area contributed by atoms with E-state index in [1.165, 1.54) is 42.0 Å². The number of furan rings is 1. The second kappa shape index (κ2) is 14.7. The van der Waals surface area contributed by atoms with Crippen molar-refractivity contribution < 1.29 is 4.42 Å². The van der Waals surface area contributed by atoms with E-state index in [4.69, 9.17) is 4.42 Å². The van der Waals surface area contributed by atoms with E-state index >= 15 is 0 Å². The van der Waals surface area contributed by atoms with E-state index in [0.717, 1.165) is 78.1 Å². The van der Waals surface area contributed by atoms with Crippen LogP contribution in [0.25, 0.3) is 103 Å². The second-order valence-corrected chi connectivity index (χ2v) is 17.6. The molecule has 3 heterocycles. The van der Waals surface area contributed by atoms with Crippen LogP contribution in [0.2, 0.25) is 0 Å². The van der Waals surface area contributed by atoms with Gasteiger partial charge in [-0.25, -0.2) is 0 Å². The Labute approximate surface area is 373 Å². The number of rotatable bonds is 7. The Morgan fingerprint density at radius 3 is 1.70 bits per heavy atom. The molecule has 3 nitrogen and oxygen atoms in total. The van der Waals surface area contributed by atoms with Gasteiger partial charge in [-0.3, -0.25) is 0 Å². The number of thiophene rings is 1. The van der Waals surface area contributed by atoms with Gasteiger partial charge >= 0.3 is 0 Å². The molecule has 0 aliphatic carbocycles. The molecule has 0 aliphatic rings. The number of nitrogens with zero attached hydrogens (tertiary/aromatic N) is 2. The summed E-state index contributed by atoms with van der Waals surface area (Å²) in [4.78, 5) is 2.46. The molecule has 300 valence electrons. The Kier molecular flexibility index (Phi) is 8.40. The van der Waals surface area contributed by atoms with Crippen LogP contribution in [0.3, 0.4) is 0 Å². The van der Waals surface area contributed by atoms with Gasteiger partial charge in [0.05, 0.1) is 21.4 Å². The fourth-order valence-electron chi connectivity index (χ4n) is 9.77. The van der Waals surface area contributed by atoms with Crippen LogP contribution in [0.5, 0.6) is 0 Å². The van der Waals surface area contributed by atoms with Crippen LogP contribution in [0, 0.1) is 0 Å². The SMILES string of the molecule is c1ccc(-c2cc(-c3ccccc3)cc(N(c3ccc4c(c3)oc3ccccc34)c3cc(-c4ccc5c(c4)c4ccccc4n5-c4ccccc4)cc4c3sc3ccccc34)c2)cc1. The fraction of sp³-hybridized carbons (Fsp3) is 0. The summed E-state index contributed by atoms with van der Waals surface area (Å²) >= 11 is 1.86. The third kappa shape index (κ3) is 5.95.